The molecule has 15 heavy (non-hydrogen) atoms. The zero-order valence-corrected chi connectivity index (χ0v) is 9.16. The minimum absolute atomic E-state index is 0.0718. The fourth-order valence-electron chi connectivity index (χ4n) is 2.17. The molecule has 2 rings (SSSR count). The summed E-state index contributed by atoms with van der Waals surface area (Å²) in [5, 5.41) is 10.9. The van der Waals surface area contributed by atoms with E-state index in [0.717, 1.165) is 25.8 Å². The molecule has 5 heteroatoms. The Kier molecular flexibility index (Phi) is 2.56. The molecule has 1 atom stereocenters. The van der Waals surface area contributed by atoms with Crippen molar-refractivity contribution in [2.24, 2.45) is 7.05 Å². The summed E-state index contributed by atoms with van der Waals surface area (Å²) in [6.07, 6.45) is 4.32. The number of nitrogens with one attached hydrogen (secondary N) is 1. The SMILES string of the molecule is CCC1(C(=O)c2nncn2C)CCCN1. The Balaban J connectivity index is 2.30. The highest BCUT2D eigenvalue weighted by Gasteiger charge is 2.41. The lowest BCUT2D eigenvalue weighted by molar-refractivity contribution is 0.0849. The minimum atomic E-state index is -0.402. The molecule has 1 fully saturated rings. The van der Waals surface area contributed by atoms with Crippen LogP contribution in [0.5, 0.6) is 0 Å². The molecule has 0 aliphatic carbocycles. The van der Waals surface area contributed by atoms with E-state index in [-0.39, 0.29) is 5.78 Å². The summed E-state index contributed by atoms with van der Waals surface area (Å²) in [6.45, 7) is 2.95. The standard InChI is InChI=1S/C10H16N4O/c1-3-10(5-4-6-11-10)8(15)9-13-12-7-14(9)2/h7,11H,3-6H2,1-2H3. The minimum Gasteiger partial charge on any atom is -0.314 e. The fourth-order valence-corrected chi connectivity index (χ4v) is 2.17. The largest absolute Gasteiger partial charge is 0.314 e. The molecular formula is C10H16N4O. The van der Waals surface area contributed by atoms with Gasteiger partial charge in [0.25, 0.3) is 0 Å². The summed E-state index contributed by atoms with van der Waals surface area (Å²) in [5.41, 5.74) is -0.402. The maximum absolute atomic E-state index is 12.3. The van der Waals surface area contributed by atoms with Crippen molar-refractivity contribution in [2.45, 2.75) is 31.7 Å². The van der Waals surface area contributed by atoms with Crippen molar-refractivity contribution in [3.63, 3.8) is 0 Å². The highest BCUT2D eigenvalue weighted by atomic mass is 16.1. The lowest BCUT2D eigenvalue weighted by atomic mass is 9.89. The van der Waals surface area contributed by atoms with Crippen LogP contribution in [0.3, 0.4) is 0 Å². The summed E-state index contributed by atoms with van der Waals surface area (Å²) < 4.78 is 1.68. The van der Waals surface area contributed by atoms with Crippen LogP contribution >= 0.6 is 0 Å². The molecule has 0 bridgehead atoms. The normalized spacial score (nSPS) is 25.7. The van der Waals surface area contributed by atoms with Crippen molar-refractivity contribution >= 4 is 5.78 Å². The van der Waals surface area contributed by atoms with Gasteiger partial charge in [-0.25, -0.2) is 0 Å². The van der Waals surface area contributed by atoms with Crippen molar-refractivity contribution in [3.05, 3.63) is 12.2 Å². The second kappa shape index (κ2) is 3.73. The van der Waals surface area contributed by atoms with Crippen molar-refractivity contribution < 1.29 is 4.79 Å². The van der Waals surface area contributed by atoms with E-state index in [2.05, 4.69) is 15.5 Å². The van der Waals surface area contributed by atoms with Gasteiger partial charge in [-0.3, -0.25) is 4.79 Å². The van der Waals surface area contributed by atoms with E-state index in [9.17, 15) is 4.79 Å². The summed E-state index contributed by atoms with van der Waals surface area (Å²) in [5.74, 6) is 0.522. The van der Waals surface area contributed by atoms with E-state index in [1.165, 1.54) is 0 Å². The molecule has 1 aliphatic heterocycles. The number of carbonyl (C=O) groups excluding carboxylic acids is 1. The summed E-state index contributed by atoms with van der Waals surface area (Å²) in [6, 6.07) is 0. The van der Waals surface area contributed by atoms with E-state index in [0.29, 0.717) is 5.82 Å². The number of ketones is 1. The van der Waals surface area contributed by atoms with Crippen LogP contribution in [0.2, 0.25) is 0 Å². The van der Waals surface area contributed by atoms with Crippen LogP contribution in [0.4, 0.5) is 0 Å². The van der Waals surface area contributed by atoms with Crippen LogP contribution in [0.1, 0.15) is 36.8 Å². The number of hydrogen-bond acceptors (Lipinski definition) is 4. The molecular weight excluding hydrogens is 192 g/mol. The smallest absolute Gasteiger partial charge is 0.220 e. The Hall–Kier alpha value is -1.23. The Morgan fingerprint density at radius 2 is 2.53 bits per heavy atom. The number of aryl methyl sites for hydroxylation is 1. The van der Waals surface area contributed by atoms with Crippen molar-refractivity contribution in [3.8, 4) is 0 Å². The Morgan fingerprint density at radius 1 is 1.73 bits per heavy atom. The zero-order valence-electron chi connectivity index (χ0n) is 9.16. The summed E-state index contributed by atoms with van der Waals surface area (Å²) in [7, 11) is 1.80. The first-order valence-electron chi connectivity index (χ1n) is 5.33. The Labute approximate surface area is 88.9 Å². The number of carbonyl (C=O) groups is 1. The van der Waals surface area contributed by atoms with Crippen LogP contribution in [-0.4, -0.2) is 32.6 Å². The van der Waals surface area contributed by atoms with Crippen molar-refractivity contribution in [1.29, 1.82) is 0 Å². The lowest BCUT2D eigenvalue weighted by Crippen LogP contribution is -2.47. The number of hydrogen-bond donors (Lipinski definition) is 1. The molecule has 0 aromatic carbocycles. The van der Waals surface area contributed by atoms with Crippen molar-refractivity contribution in [1.82, 2.24) is 20.1 Å². The van der Waals surface area contributed by atoms with Gasteiger partial charge >= 0.3 is 0 Å². The molecule has 1 aromatic rings. The second-order valence-electron chi connectivity index (χ2n) is 4.06. The molecule has 0 spiro atoms. The van der Waals surface area contributed by atoms with Crippen LogP contribution in [0, 0.1) is 0 Å². The summed E-state index contributed by atoms with van der Waals surface area (Å²) >= 11 is 0. The maximum Gasteiger partial charge on any atom is 0.220 e. The third-order valence-corrected chi connectivity index (χ3v) is 3.20. The van der Waals surface area contributed by atoms with E-state index in [1.807, 2.05) is 6.92 Å². The van der Waals surface area contributed by atoms with Crippen molar-refractivity contribution in [2.75, 3.05) is 6.54 Å². The number of Topliss-reactive ketones (excluding diaryl/α,β-unsaturated/α-hetero) is 1. The predicted molar refractivity (Wildman–Crippen MR) is 55.6 cm³/mol. The van der Waals surface area contributed by atoms with E-state index in [4.69, 9.17) is 0 Å². The molecule has 2 heterocycles. The predicted octanol–water partition coefficient (Wildman–Crippen LogP) is 0.530. The molecule has 0 amide bonds. The number of nitrogens with zero attached hydrogens (tertiary/aromatic N) is 3. The van der Waals surface area contributed by atoms with Gasteiger partial charge in [0, 0.05) is 7.05 Å². The molecule has 1 aromatic heterocycles. The highest BCUT2D eigenvalue weighted by molar-refractivity contribution is 6.00. The Bertz CT molecular complexity index is 365. The topological polar surface area (TPSA) is 59.8 Å². The molecule has 1 unspecified atom stereocenters. The average Bonchev–Trinajstić information content (AvgIpc) is 2.86. The number of rotatable bonds is 3. The zero-order chi connectivity index (χ0) is 10.9. The van der Waals surface area contributed by atoms with E-state index >= 15 is 0 Å². The van der Waals surface area contributed by atoms with Crippen LogP contribution < -0.4 is 5.32 Å². The van der Waals surface area contributed by atoms with Crippen LogP contribution in [-0.2, 0) is 7.05 Å². The third-order valence-electron chi connectivity index (χ3n) is 3.20. The van der Waals surface area contributed by atoms with Crippen LogP contribution in [0.25, 0.3) is 0 Å². The van der Waals surface area contributed by atoms with Gasteiger partial charge in [-0.05, 0) is 25.8 Å². The first kappa shape index (κ1) is 10.3. The summed E-state index contributed by atoms with van der Waals surface area (Å²) in [4.78, 5) is 12.3. The first-order chi connectivity index (χ1) is 7.19. The maximum atomic E-state index is 12.3. The molecule has 5 nitrogen and oxygen atoms in total. The van der Waals surface area contributed by atoms with Gasteiger partial charge in [0.2, 0.25) is 11.6 Å². The van der Waals surface area contributed by atoms with Gasteiger partial charge in [-0.15, -0.1) is 10.2 Å². The van der Waals surface area contributed by atoms with Gasteiger partial charge in [0.15, 0.2) is 0 Å². The average molecular weight is 208 g/mol. The molecule has 0 saturated carbocycles. The van der Waals surface area contributed by atoms with Gasteiger partial charge < -0.3 is 9.88 Å². The quantitative estimate of drug-likeness (QED) is 0.736. The van der Waals surface area contributed by atoms with Gasteiger partial charge in [-0.1, -0.05) is 6.92 Å². The van der Waals surface area contributed by atoms with Gasteiger partial charge in [0.05, 0.1) is 5.54 Å². The molecule has 82 valence electrons. The first-order valence-corrected chi connectivity index (χ1v) is 5.33. The molecule has 1 saturated heterocycles. The Morgan fingerprint density at radius 3 is 3.00 bits per heavy atom. The molecule has 0 radical (unpaired) electrons. The molecule has 1 N–H and O–H groups in total. The monoisotopic (exact) mass is 208 g/mol. The van der Waals surface area contributed by atoms with E-state index in [1.54, 1.807) is 17.9 Å². The van der Waals surface area contributed by atoms with Crippen LogP contribution in [0.15, 0.2) is 6.33 Å². The highest BCUT2D eigenvalue weighted by Crippen LogP contribution is 2.26. The second-order valence-corrected chi connectivity index (χ2v) is 4.06. The number of aromatic nitrogens is 3. The van der Waals surface area contributed by atoms with E-state index < -0.39 is 5.54 Å². The third kappa shape index (κ3) is 1.56. The molecule has 1 aliphatic rings. The lowest BCUT2D eigenvalue weighted by Gasteiger charge is -2.25. The van der Waals surface area contributed by atoms with Gasteiger partial charge in [0.1, 0.15) is 6.33 Å². The fraction of sp³-hybridized carbons (Fsp3) is 0.700. The van der Waals surface area contributed by atoms with Gasteiger partial charge in [-0.2, -0.15) is 0 Å².